The van der Waals surface area contributed by atoms with E-state index >= 15 is 0 Å². The monoisotopic (exact) mass is 316 g/mol. The average Bonchev–Trinajstić information content (AvgIpc) is 2.47. The molecular weight excluding hydrogens is 299 g/mol. The first-order valence-electron chi connectivity index (χ1n) is 6.79. The smallest absolute Gasteiger partial charge is 0.254 e. The van der Waals surface area contributed by atoms with Crippen LogP contribution < -0.4 is 5.32 Å². The van der Waals surface area contributed by atoms with Crippen molar-refractivity contribution in [2.75, 3.05) is 26.2 Å². The van der Waals surface area contributed by atoms with Crippen LogP contribution in [0.4, 0.5) is 0 Å². The zero-order valence-corrected chi connectivity index (χ0v) is 12.9. The molecule has 1 aliphatic rings. The molecule has 0 bridgehead atoms. The van der Waals surface area contributed by atoms with Crippen LogP contribution in [0.15, 0.2) is 6.07 Å². The van der Waals surface area contributed by atoms with Gasteiger partial charge in [-0.15, -0.1) is 10.2 Å². The number of rotatable bonds is 4. The summed E-state index contributed by atoms with van der Waals surface area (Å²) in [7, 11) is 0. The summed E-state index contributed by atoms with van der Waals surface area (Å²) in [6.45, 7) is 6.12. The number of nitrogens with one attached hydrogen (secondary N) is 1. The molecule has 0 unspecified atom stereocenters. The van der Waals surface area contributed by atoms with E-state index in [-0.39, 0.29) is 21.8 Å². The van der Waals surface area contributed by atoms with E-state index in [0.29, 0.717) is 12.5 Å². The first kappa shape index (κ1) is 15.5. The van der Waals surface area contributed by atoms with Crippen molar-refractivity contribution in [2.24, 2.45) is 5.92 Å². The Morgan fingerprint density at radius 3 is 2.75 bits per heavy atom. The molecule has 2 heterocycles. The lowest BCUT2D eigenvalue weighted by molar-refractivity contribution is 0.0936. The molecule has 0 atom stereocenters. The van der Waals surface area contributed by atoms with E-state index < -0.39 is 0 Å². The Hall–Kier alpha value is -0.910. The molecule has 1 saturated heterocycles. The second-order valence-corrected chi connectivity index (χ2v) is 5.70. The van der Waals surface area contributed by atoms with Crippen molar-refractivity contribution in [1.29, 1.82) is 0 Å². The number of aromatic nitrogens is 2. The van der Waals surface area contributed by atoms with E-state index in [2.05, 4.69) is 27.3 Å². The molecule has 1 aliphatic heterocycles. The fraction of sp³-hybridized carbons (Fsp3) is 0.615. The van der Waals surface area contributed by atoms with E-state index in [1.54, 1.807) is 0 Å². The number of halogens is 2. The van der Waals surface area contributed by atoms with Crippen molar-refractivity contribution >= 4 is 29.1 Å². The molecule has 5 nitrogen and oxygen atoms in total. The molecule has 1 aromatic heterocycles. The summed E-state index contributed by atoms with van der Waals surface area (Å²) in [5.74, 6) is 0.274. The van der Waals surface area contributed by atoms with Gasteiger partial charge in [-0.25, -0.2) is 0 Å². The Morgan fingerprint density at radius 1 is 1.40 bits per heavy atom. The maximum absolute atomic E-state index is 12.0. The standard InChI is InChI=1S/C13H18Cl2N4O/c1-2-19-5-3-9(4-6-19)8-16-13(20)10-7-11(14)17-18-12(10)15/h7,9H,2-6,8H2,1H3,(H,16,20). The molecule has 1 fully saturated rings. The van der Waals surface area contributed by atoms with Crippen LogP contribution in [0.5, 0.6) is 0 Å². The van der Waals surface area contributed by atoms with Gasteiger partial charge in [0, 0.05) is 6.54 Å². The highest BCUT2D eigenvalue weighted by molar-refractivity contribution is 6.34. The number of hydrogen-bond acceptors (Lipinski definition) is 4. The zero-order valence-electron chi connectivity index (χ0n) is 11.4. The van der Waals surface area contributed by atoms with Gasteiger partial charge in [-0.05, 0) is 44.5 Å². The van der Waals surface area contributed by atoms with Gasteiger partial charge in [0.1, 0.15) is 0 Å². The van der Waals surface area contributed by atoms with Gasteiger partial charge in [-0.3, -0.25) is 4.79 Å². The quantitative estimate of drug-likeness (QED) is 0.925. The highest BCUT2D eigenvalue weighted by Crippen LogP contribution is 2.18. The second-order valence-electron chi connectivity index (χ2n) is 4.96. The highest BCUT2D eigenvalue weighted by atomic mass is 35.5. The highest BCUT2D eigenvalue weighted by Gasteiger charge is 2.20. The van der Waals surface area contributed by atoms with Crippen molar-refractivity contribution < 1.29 is 4.79 Å². The summed E-state index contributed by atoms with van der Waals surface area (Å²) < 4.78 is 0. The summed E-state index contributed by atoms with van der Waals surface area (Å²) in [5.41, 5.74) is 0.276. The minimum atomic E-state index is -0.246. The summed E-state index contributed by atoms with van der Waals surface area (Å²) in [4.78, 5) is 14.5. The number of piperidine rings is 1. The third-order valence-electron chi connectivity index (χ3n) is 3.67. The minimum absolute atomic E-state index is 0.0766. The van der Waals surface area contributed by atoms with Crippen LogP contribution in [0.25, 0.3) is 0 Å². The molecule has 0 saturated carbocycles. The average molecular weight is 317 g/mol. The lowest BCUT2D eigenvalue weighted by Crippen LogP contribution is -2.38. The molecule has 0 spiro atoms. The maximum Gasteiger partial charge on any atom is 0.254 e. The maximum atomic E-state index is 12.0. The third kappa shape index (κ3) is 4.04. The Bertz CT molecular complexity index is 475. The zero-order chi connectivity index (χ0) is 14.5. The summed E-state index contributed by atoms with van der Waals surface area (Å²) >= 11 is 11.6. The lowest BCUT2D eigenvalue weighted by Gasteiger charge is -2.31. The van der Waals surface area contributed by atoms with E-state index in [1.165, 1.54) is 6.07 Å². The van der Waals surface area contributed by atoms with Crippen LogP contribution in [0, 0.1) is 5.92 Å². The van der Waals surface area contributed by atoms with E-state index in [1.807, 2.05) is 0 Å². The number of amides is 1. The molecule has 1 N–H and O–H groups in total. The molecule has 2 rings (SSSR count). The van der Waals surface area contributed by atoms with E-state index in [4.69, 9.17) is 23.2 Å². The van der Waals surface area contributed by atoms with Crippen molar-refractivity contribution in [1.82, 2.24) is 20.4 Å². The normalized spacial score (nSPS) is 17.1. The molecule has 1 amide bonds. The minimum Gasteiger partial charge on any atom is -0.352 e. The fourth-order valence-electron chi connectivity index (χ4n) is 2.35. The predicted molar refractivity (Wildman–Crippen MR) is 79.2 cm³/mol. The van der Waals surface area contributed by atoms with E-state index in [0.717, 1.165) is 32.5 Å². The first-order valence-corrected chi connectivity index (χ1v) is 7.55. The predicted octanol–water partition coefficient (Wildman–Crippen LogP) is 2.25. The Labute approximate surface area is 128 Å². The molecule has 110 valence electrons. The van der Waals surface area contributed by atoms with Gasteiger partial charge in [-0.2, -0.15) is 0 Å². The van der Waals surface area contributed by atoms with Crippen LogP contribution in [0.3, 0.4) is 0 Å². The Kier molecular flexibility index (Phi) is 5.57. The van der Waals surface area contributed by atoms with Crippen LogP contribution in [-0.2, 0) is 0 Å². The summed E-state index contributed by atoms with van der Waals surface area (Å²) in [6, 6.07) is 1.44. The molecule has 0 aliphatic carbocycles. The lowest BCUT2D eigenvalue weighted by atomic mass is 9.97. The number of nitrogens with zero attached hydrogens (tertiary/aromatic N) is 3. The molecular formula is C13H18Cl2N4O. The van der Waals surface area contributed by atoms with Gasteiger partial charge in [-0.1, -0.05) is 30.1 Å². The van der Waals surface area contributed by atoms with E-state index in [9.17, 15) is 4.79 Å². The number of carbonyl (C=O) groups excluding carboxylic acids is 1. The SMILES string of the molecule is CCN1CCC(CNC(=O)c2cc(Cl)nnc2Cl)CC1. The molecule has 7 heteroatoms. The largest absolute Gasteiger partial charge is 0.352 e. The van der Waals surface area contributed by atoms with Crippen molar-refractivity contribution in [3.8, 4) is 0 Å². The molecule has 0 aromatic carbocycles. The van der Waals surface area contributed by atoms with Crippen molar-refractivity contribution in [2.45, 2.75) is 19.8 Å². The van der Waals surface area contributed by atoms with Gasteiger partial charge in [0.15, 0.2) is 10.3 Å². The third-order valence-corrected chi connectivity index (χ3v) is 4.13. The van der Waals surface area contributed by atoms with Crippen LogP contribution in [-0.4, -0.2) is 47.2 Å². The number of hydrogen-bond donors (Lipinski definition) is 1. The van der Waals surface area contributed by atoms with Crippen LogP contribution in [0.2, 0.25) is 10.3 Å². The van der Waals surface area contributed by atoms with Crippen LogP contribution >= 0.6 is 23.2 Å². The number of likely N-dealkylation sites (tertiary alicyclic amines) is 1. The van der Waals surface area contributed by atoms with Crippen LogP contribution in [0.1, 0.15) is 30.1 Å². The van der Waals surface area contributed by atoms with Gasteiger partial charge in [0.2, 0.25) is 0 Å². The molecule has 0 radical (unpaired) electrons. The van der Waals surface area contributed by atoms with Gasteiger partial charge >= 0.3 is 0 Å². The first-order chi connectivity index (χ1) is 9.60. The molecule has 20 heavy (non-hydrogen) atoms. The molecule has 1 aromatic rings. The number of carbonyl (C=O) groups is 1. The van der Waals surface area contributed by atoms with Gasteiger partial charge in [0.05, 0.1) is 5.56 Å². The summed E-state index contributed by atoms with van der Waals surface area (Å²) in [6.07, 6.45) is 2.22. The summed E-state index contributed by atoms with van der Waals surface area (Å²) in [5, 5.41) is 10.4. The van der Waals surface area contributed by atoms with Crippen molar-refractivity contribution in [3.05, 3.63) is 21.9 Å². The Morgan fingerprint density at radius 2 is 2.10 bits per heavy atom. The second kappa shape index (κ2) is 7.20. The van der Waals surface area contributed by atoms with Gasteiger partial charge in [0.25, 0.3) is 5.91 Å². The Balaban J connectivity index is 1.85. The topological polar surface area (TPSA) is 58.1 Å². The van der Waals surface area contributed by atoms with Gasteiger partial charge < -0.3 is 10.2 Å². The fourth-order valence-corrected chi connectivity index (χ4v) is 2.68. The van der Waals surface area contributed by atoms with Crippen molar-refractivity contribution in [3.63, 3.8) is 0 Å².